The predicted molar refractivity (Wildman–Crippen MR) is 324 cm³/mol. The average Bonchev–Trinajstić information content (AvgIpc) is 1.49. The van der Waals surface area contributed by atoms with Crippen LogP contribution in [-0.2, 0) is 64.5 Å². The zero-order chi connectivity index (χ0) is 68.3. The van der Waals surface area contributed by atoms with Gasteiger partial charge in [-0.3, -0.25) is 38.2 Å². The third kappa shape index (κ3) is 17.1. The molecule has 504 valence electrons. The monoisotopic (exact) mass is 1320 g/mol. The van der Waals surface area contributed by atoms with Crippen LogP contribution in [0.15, 0.2) is 43.5 Å². The molecule has 4 heterocycles. The number of aliphatic hydroxyl groups is 1. The SMILES string of the molecule is C=CC1CC1(NC(=O)[C@@H]1C[C@@H](O)CN1C(=O)[C@@H](NC(=O)OC(C)(C)C)C(C)(C)C)C(=O)NS(=O)(=O)C1CC1.C=CC1CC1(NC(=O)[C@@H]1C[C@@H](Oc2cc(C)nc3nc(C(F)(F)F)ccc23)CN1C(=O)[C@@H](NC(=O)OC(C)(C)C)C(C)(C)C)C(=O)NS(=O)(=O)C1CC1. The number of carbonyl (C=O) groups excluding carboxylic acids is 8. The summed E-state index contributed by atoms with van der Waals surface area (Å²) in [7, 11) is -7.81. The molecule has 91 heavy (non-hydrogen) atoms. The number of β-amino-alcohol motifs (C(OH)–C–C–N with tert-alkyl or cyclic N) is 1. The molecule has 0 radical (unpaired) electrons. The van der Waals surface area contributed by atoms with Crippen molar-refractivity contribution < 1.29 is 87.7 Å². The number of sulfonamides is 2. The minimum absolute atomic E-state index is 0.0644. The Bertz CT molecular complexity index is 3480. The normalized spacial score (nSPS) is 25.7. The summed E-state index contributed by atoms with van der Waals surface area (Å²) in [6.07, 6.45) is -3.67. The molecule has 10 atom stereocenters. The molecule has 2 aliphatic heterocycles. The molecule has 31 heteroatoms. The molecular formula is C60H85F3N10O16S2. The van der Waals surface area contributed by atoms with Gasteiger partial charge in [0.2, 0.25) is 43.7 Å². The molecule has 4 unspecified atom stereocenters. The van der Waals surface area contributed by atoms with Crippen LogP contribution < -0.4 is 35.4 Å². The lowest BCUT2D eigenvalue weighted by Crippen LogP contribution is -2.60. The zero-order valence-corrected chi connectivity index (χ0v) is 55.1. The summed E-state index contributed by atoms with van der Waals surface area (Å²) >= 11 is 0. The molecule has 26 nitrogen and oxygen atoms in total. The van der Waals surface area contributed by atoms with E-state index in [4.69, 9.17) is 14.2 Å². The van der Waals surface area contributed by atoms with Gasteiger partial charge in [0, 0.05) is 43.0 Å². The third-order valence-electron chi connectivity index (χ3n) is 16.1. The van der Waals surface area contributed by atoms with E-state index in [2.05, 4.69) is 53.8 Å². The second-order valence-corrected chi connectivity index (χ2v) is 32.4. The number of alkyl carbamates (subject to hydrolysis) is 2. The molecule has 2 aromatic heterocycles. The first kappa shape index (κ1) is 71.3. The lowest BCUT2D eigenvalue weighted by atomic mass is 9.85. The van der Waals surface area contributed by atoms with Crippen molar-refractivity contribution in [3.63, 3.8) is 0 Å². The number of aromatic nitrogens is 2. The van der Waals surface area contributed by atoms with Crippen molar-refractivity contribution in [2.24, 2.45) is 22.7 Å². The third-order valence-corrected chi connectivity index (χ3v) is 19.7. The quantitative estimate of drug-likeness (QED) is 0.101. The van der Waals surface area contributed by atoms with Gasteiger partial charge < -0.3 is 50.4 Å². The fourth-order valence-electron chi connectivity index (χ4n) is 10.8. The number of alkyl halides is 3. The number of ether oxygens (including phenoxy) is 3. The number of aliphatic hydroxyl groups excluding tert-OH is 1. The maximum Gasteiger partial charge on any atom is 0.433 e. The van der Waals surface area contributed by atoms with Gasteiger partial charge in [0.05, 0.1) is 28.5 Å². The number of fused-ring (bicyclic) bond motifs is 1. The largest absolute Gasteiger partial charge is 0.488 e. The van der Waals surface area contributed by atoms with Gasteiger partial charge in [0.15, 0.2) is 5.65 Å². The lowest BCUT2D eigenvalue weighted by Gasteiger charge is -2.36. The fraction of sp³-hybridized carbons (Fsp3) is 0.667. The average molecular weight is 1320 g/mol. The van der Waals surface area contributed by atoms with Crippen LogP contribution in [0.5, 0.6) is 5.75 Å². The smallest absolute Gasteiger partial charge is 0.433 e. The van der Waals surface area contributed by atoms with Crippen molar-refractivity contribution in [1.82, 2.24) is 50.5 Å². The van der Waals surface area contributed by atoms with Gasteiger partial charge in [-0.15, -0.1) is 13.2 Å². The highest BCUT2D eigenvalue weighted by Gasteiger charge is 2.64. The van der Waals surface area contributed by atoms with E-state index in [1.54, 1.807) is 90.0 Å². The van der Waals surface area contributed by atoms with E-state index in [0.29, 0.717) is 31.4 Å². The molecule has 6 aliphatic rings. The molecule has 2 aromatic rings. The summed E-state index contributed by atoms with van der Waals surface area (Å²) in [5.74, 6) is -5.51. The fourth-order valence-corrected chi connectivity index (χ4v) is 13.6. The molecule has 7 N–H and O–H groups in total. The summed E-state index contributed by atoms with van der Waals surface area (Å²) < 4.78 is 111. The van der Waals surface area contributed by atoms with Gasteiger partial charge in [-0.25, -0.2) is 36.4 Å². The minimum atomic E-state index is -4.72. The van der Waals surface area contributed by atoms with Gasteiger partial charge in [0.25, 0.3) is 11.8 Å². The number of nitrogens with one attached hydrogen (secondary N) is 6. The number of aryl methyl sites for hydroxylation is 1. The first-order valence-electron chi connectivity index (χ1n) is 30.0. The van der Waals surface area contributed by atoms with Gasteiger partial charge in [0.1, 0.15) is 64.0 Å². The number of pyridine rings is 2. The van der Waals surface area contributed by atoms with Crippen LogP contribution in [0.4, 0.5) is 22.8 Å². The van der Waals surface area contributed by atoms with Crippen LogP contribution in [0.1, 0.15) is 146 Å². The maximum absolute atomic E-state index is 14.4. The first-order chi connectivity index (χ1) is 41.6. The molecular weight excluding hydrogens is 1240 g/mol. The van der Waals surface area contributed by atoms with Crippen molar-refractivity contribution in [1.29, 1.82) is 0 Å². The molecule has 4 saturated carbocycles. The maximum atomic E-state index is 14.4. The summed E-state index contributed by atoms with van der Waals surface area (Å²) in [6.45, 7) is 29.0. The Balaban J connectivity index is 0.000000273. The van der Waals surface area contributed by atoms with Crippen LogP contribution in [0.3, 0.4) is 0 Å². The Hall–Kier alpha value is -7.15. The van der Waals surface area contributed by atoms with Crippen LogP contribution in [0.2, 0.25) is 0 Å². The number of hydrogen-bond donors (Lipinski definition) is 7. The van der Waals surface area contributed by atoms with Crippen LogP contribution in [0, 0.1) is 29.6 Å². The lowest BCUT2D eigenvalue weighted by molar-refractivity contribution is -0.143. The highest BCUT2D eigenvalue weighted by Crippen LogP contribution is 2.47. The summed E-state index contributed by atoms with van der Waals surface area (Å²) in [6, 6.07) is -1.27. The molecule has 0 aromatic carbocycles. The van der Waals surface area contributed by atoms with Gasteiger partial charge in [-0.2, -0.15) is 13.2 Å². The van der Waals surface area contributed by atoms with Gasteiger partial charge in [-0.1, -0.05) is 53.7 Å². The van der Waals surface area contributed by atoms with E-state index in [9.17, 15) is 73.5 Å². The van der Waals surface area contributed by atoms with Crippen molar-refractivity contribution in [3.8, 4) is 5.75 Å². The first-order valence-corrected chi connectivity index (χ1v) is 33.1. The number of likely N-dealkylation sites (tertiary alicyclic amines) is 2. The zero-order valence-electron chi connectivity index (χ0n) is 53.5. The van der Waals surface area contributed by atoms with E-state index in [0.717, 1.165) is 6.07 Å². The second-order valence-electron chi connectivity index (χ2n) is 28.5. The van der Waals surface area contributed by atoms with Crippen LogP contribution in [0.25, 0.3) is 11.0 Å². The second kappa shape index (κ2) is 25.4. The molecule has 0 bridgehead atoms. The molecule has 2 saturated heterocycles. The number of amides is 8. The number of nitrogens with zero attached hydrogens (tertiary/aromatic N) is 4. The number of rotatable bonds is 18. The van der Waals surface area contributed by atoms with Gasteiger partial charge >= 0.3 is 18.4 Å². The van der Waals surface area contributed by atoms with E-state index >= 15 is 0 Å². The van der Waals surface area contributed by atoms with Crippen molar-refractivity contribution in [2.75, 3.05) is 13.1 Å². The molecule has 8 amide bonds. The van der Waals surface area contributed by atoms with Crippen molar-refractivity contribution in [2.45, 2.75) is 217 Å². The van der Waals surface area contributed by atoms with Gasteiger partial charge in [-0.05, 0) is 110 Å². The van der Waals surface area contributed by atoms with E-state index < -0.39 is 171 Å². The molecule has 8 rings (SSSR count). The predicted octanol–water partition coefficient (Wildman–Crippen LogP) is 4.47. The standard InChI is InChI=1S/C35H45F3N6O8S.C25H40N4O8S/c1-9-19-16-34(19,30(47)43-53(49,50)21-10-11-21)42-28(45)23-15-20(17-44(23)29(46)26(32(3,4)5)41-31(48)52-33(6,7)8)51-24-14-18(2)39-27-22(24)12-13-25(40-27)35(36,37)38;1-8-14-12-25(14,21(33)28-38(35,36)16-9-10-16)27-19(31)17-11-15(30)13-29(17)20(32)18(23(2,3)4)26-22(34)37-24(5,6)7/h9,12-14,19-21,23,26H,1,10-11,15-17H2,2-8H3,(H,41,48)(H,42,45)(H,43,47);8,14-18,30H,1,9-13H2,2-7H3,(H,26,34)(H,27,31)(H,28,33)/t19?,20-,23+,26-,34?;14?,15-,17+,18-,25?/m11/s1. The minimum Gasteiger partial charge on any atom is -0.488 e. The number of halogens is 3. The van der Waals surface area contributed by atoms with Crippen LogP contribution >= 0.6 is 0 Å². The van der Waals surface area contributed by atoms with E-state index in [-0.39, 0.29) is 55.6 Å². The summed E-state index contributed by atoms with van der Waals surface area (Å²) in [5, 5.41) is 19.8. The molecule has 6 fully saturated rings. The Labute approximate surface area is 527 Å². The summed E-state index contributed by atoms with van der Waals surface area (Å²) in [5.41, 5.74) is -7.59. The highest BCUT2D eigenvalue weighted by atomic mass is 32.2. The Morgan fingerprint density at radius 3 is 1.45 bits per heavy atom. The Morgan fingerprint density at radius 2 is 1.08 bits per heavy atom. The van der Waals surface area contributed by atoms with Crippen molar-refractivity contribution >= 4 is 78.7 Å². The Morgan fingerprint density at radius 1 is 0.659 bits per heavy atom. The molecule has 0 spiro atoms. The van der Waals surface area contributed by atoms with Crippen LogP contribution in [-0.4, -0.2) is 172 Å². The summed E-state index contributed by atoms with van der Waals surface area (Å²) in [4.78, 5) is 118. The van der Waals surface area contributed by atoms with E-state index in [1.165, 1.54) is 34.1 Å². The highest BCUT2D eigenvalue weighted by molar-refractivity contribution is 7.91. The topological polar surface area (TPSA) is 357 Å². The van der Waals surface area contributed by atoms with Crippen molar-refractivity contribution in [3.05, 3.63) is 54.9 Å². The number of carbonyl (C=O) groups is 8. The van der Waals surface area contributed by atoms with E-state index in [1.807, 2.05) is 0 Å². The Kier molecular flexibility index (Phi) is 19.9. The number of hydrogen-bond acceptors (Lipinski definition) is 18. The molecule has 4 aliphatic carbocycles.